The molecule has 5 nitrogen and oxygen atoms in total. The van der Waals surface area contributed by atoms with Crippen LogP contribution in [0, 0.1) is 12.7 Å². The Labute approximate surface area is 153 Å². The van der Waals surface area contributed by atoms with Crippen molar-refractivity contribution in [3.05, 3.63) is 64.3 Å². The number of halogens is 1. The van der Waals surface area contributed by atoms with Gasteiger partial charge in [-0.25, -0.2) is 9.18 Å². The maximum absolute atomic E-state index is 14.0. The number of anilines is 1. The van der Waals surface area contributed by atoms with Gasteiger partial charge in [-0.1, -0.05) is 18.2 Å². The van der Waals surface area contributed by atoms with Crippen LogP contribution in [-0.2, 0) is 11.3 Å². The van der Waals surface area contributed by atoms with Crippen LogP contribution in [0.3, 0.4) is 0 Å². The Morgan fingerprint density at radius 3 is 2.54 bits per heavy atom. The van der Waals surface area contributed by atoms with Gasteiger partial charge in [0, 0.05) is 22.3 Å². The summed E-state index contributed by atoms with van der Waals surface area (Å²) in [5.41, 5.74) is 2.12. The molecule has 7 heteroatoms. The van der Waals surface area contributed by atoms with Crippen molar-refractivity contribution in [1.29, 1.82) is 0 Å². The van der Waals surface area contributed by atoms with Crippen LogP contribution in [0.5, 0.6) is 0 Å². The lowest BCUT2D eigenvalue weighted by atomic mass is 10.1. The number of methoxy groups -OCH3 is 1. The van der Waals surface area contributed by atoms with Crippen LogP contribution in [0.4, 0.5) is 14.9 Å². The summed E-state index contributed by atoms with van der Waals surface area (Å²) in [4.78, 5) is 24.1. The van der Waals surface area contributed by atoms with Crippen LogP contribution < -0.4 is 10.6 Å². The van der Waals surface area contributed by atoms with E-state index in [4.69, 9.17) is 0 Å². The van der Waals surface area contributed by atoms with Gasteiger partial charge in [-0.05, 0) is 42.3 Å². The molecule has 0 aliphatic heterocycles. The third-order valence-corrected chi connectivity index (χ3v) is 5.20. The molecule has 26 heavy (non-hydrogen) atoms. The molecule has 0 unspecified atom stereocenters. The highest BCUT2D eigenvalue weighted by Crippen LogP contribution is 2.32. The normalized spacial score (nSPS) is 10.6. The summed E-state index contributed by atoms with van der Waals surface area (Å²) in [7, 11) is 1.29. The third-order valence-electron chi connectivity index (χ3n) is 3.95. The largest absolute Gasteiger partial charge is 0.453 e. The molecule has 0 aliphatic rings. The lowest BCUT2D eigenvalue weighted by Gasteiger charge is -2.07. The molecule has 3 rings (SSSR count). The average molecular weight is 372 g/mol. The number of aryl methyl sites for hydroxylation is 1. The average Bonchev–Trinajstić information content (AvgIpc) is 2.99. The predicted octanol–water partition coefficient (Wildman–Crippen LogP) is 4.46. The van der Waals surface area contributed by atoms with E-state index in [9.17, 15) is 14.0 Å². The molecule has 0 aliphatic carbocycles. The smallest absolute Gasteiger partial charge is 0.411 e. The first kappa shape index (κ1) is 17.9. The SMILES string of the molecule is COC(=O)Nc1ccc(CNC(=O)c2sc3cccc(F)c3c2C)cc1. The van der Waals surface area contributed by atoms with Crippen LogP contribution in [0.1, 0.15) is 20.8 Å². The highest BCUT2D eigenvalue weighted by Gasteiger charge is 2.17. The van der Waals surface area contributed by atoms with Crippen LogP contribution >= 0.6 is 11.3 Å². The molecular weight excluding hydrogens is 355 g/mol. The van der Waals surface area contributed by atoms with E-state index in [1.165, 1.54) is 24.5 Å². The summed E-state index contributed by atoms with van der Waals surface area (Å²) in [6.07, 6.45) is -0.543. The maximum atomic E-state index is 14.0. The first-order valence-corrected chi connectivity index (χ1v) is 8.71. The molecule has 134 valence electrons. The second-order valence-corrected chi connectivity index (χ2v) is 6.72. The Bertz CT molecular complexity index is 967. The molecule has 1 heterocycles. The third kappa shape index (κ3) is 3.67. The van der Waals surface area contributed by atoms with Crippen molar-refractivity contribution in [3.8, 4) is 0 Å². The lowest BCUT2D eigenvalue weighted by Crippen LogP contribution is -2.22. The Kier molecular flexibility index (Phi) is 5.18. The van der Waals surface area contributed by atoms with Crippen molar-refractivity contribution in [3.63, 3.8) is 0 Å². The number of hydrogen-bond donors (Lipinski definition) is 2. The Morgan fingerprint density at radius 2 is 1.88 bits per heavy atom. The number of amides is 2. The zero-order chi connectivity index (χ0) is 18.7. The maximum Gasteiger partial charge on any atom is 0.411 e. The fourth-order valence-corrected chi connectivity index (χ4v) is 3.75. The summed E-state index contributed by atoms with van der Waals surface area (Å²) in [6.45, 7) is 2.08. The molecule has 3 aromatic rings. The molecule has 0 bridgehead atoms. The topological polar surface area (TPSA) is 67.4 Å². The number of ether oxygens (including phenoxy) is 1. The molecule has 0 saturated heterocycles. The quantitative estimate of drug-likeness (QED) is 0.711. The van der Waals surface area contributed by atoms with Crippen molar-refractivity contribution in [1.82, 2.24) is 5.32 Å². The number of nitrogens with one attached hydrogen (secondary N) is 2. The van der Waals surface area contributed by atoms with Gasteiger partial charge < -0.3 is 10.1 Å². The monoisotopic (exact) mass is 372 g/mol. The van der Waals surface area contributed by atoms with E-state index < -0.39 is 6.09 Å². The van der Waals surface area contributed by atoms with E-state index in [1.54, 1.807) is 43.3 Å². The molecule has 0 saturated carbocycles. The van der Waals surface area contributed by atoms with Crippen molar-refractivity contribution in [2.45, 2.75) is 13.5 Å². The number of rotatable bonds is 4. The predicted molar refractivity (Wildman–Crippen MR) is 100 cm³/mol. The van der Waals surface area contributed by atoms with Crippen molar-refractivity contribution < 1.29 is 18.7 Å². The number of thiophene rings is 1. The number of benzene rings is 2. The minimum atomic E-state index is -0.543. The van der Waals surface area contributed by atoms with Gasteiger partial charge in [0.25, 0.3) is 5.91 Å². The second-order valence-electron chi connectivity index (χ2n) is 5.67. The Balaban J connectivity index is 1.68. The highest BCUT2D eigenvalue weighted by atomic mass is 32.1. The van der Waals surface area contributed by atoms with Crippen LogP contribution in [0.2, 0.25) is 0 Å². The lowest BCUT2D eigenvalue weighted by molar-refractivity contribution is 0.0954. The first-order valence-electron chi connectivity index (χ1n) is 7.89. The van der Waals surface area contributed by atoms with Crippen LogP contribution in [0.15, 0.2) is 42.5 Å². The van der Waals surface area contributed by atoms with E-state index in [0.29, 0.717) is 28.1 Å². The van der Waals surface area contributed by atoms with Crippen molar-refractivity contribution in [2.24, 2.45) is 0 Å². The zero-order valence-electron chi connectivity index (χ0n) is 14.3. The molecule has 2 aromatic carbocycles. The molecule has 2 N–H and O–H groups in total. The number of carbonyl (C=O) groups is 2. The van der Waals surface area contributed by atoms with E-state index in [2.05, 4.69) is 15.4 Å². The molecule has 1 aromatic heterocycles. The summed E-state index contributed by atoms with van der Waals surface area (Å²) in [5.74, 6) is -0.552. The first-order chi connectivity index (χ1) is 12.5. The van der Waals surface area contributed by atoms with Gasteiger partial charge >= 0.3 is 6.09 Å². The van der Waals surface area contributed by atoms with Gasteiger partial charge in [0.2, 0.25) is 0 Å². The van der Waals surface area contributed by atoms with E-state index in [-0.39, 0.29) is 11.7 Å². The van der Waals surface area contributed by atoms with Crippen LogP contribution in [0.25, 0.3) is 10.1 Å². The number of carbonyl (C=O) groups excluding carboxylic acids is 2. The number of hydrogen-bond acceptors (Lipinski definition) is 4. The minimum absolute atomic E-state index is 0.236. The van der Waals surface area contributed by atoms with Gasteiger partial charge in [0.05, 0.1) is 12.0 Å². The molecule has 0 fully saturated rings. The van der Waals surface area contributed by atoms with Gasteiger partial charge in [-0.2, -0.15) is 0 Å². The van der Waals surface area contributed by atoms with Crippen LogP contribution in [-0.4, -0.2) is 19.1 Å². The standard InChI is InChI=1S/C19H17FN2O3S/c1-11-16-14(20)4-3-5-15(16)26-17(11)18(23)21-10-12-6-8-13(9-7-12)22-19(24)25-2/h3-9H,10H2,1-2H3,(H,21,23)(H,22,24). The van der Waals surface area contributed by atoms with E-state index >= 15 is 0 Å². The molecule has 0 radical (unpaired) electrons. The number of fused-ring (bicyclic) bond motifs is 1. The summed E-state index contributed by atoms with van der Waals surface area (Å²) >= 11 is 1.28. The summed E-state index contributed by atoms with van der Waals surface area (Å²) < 4.78 is 19.2. The fraction of sp³-hybridized carbons (Fsp3) is 0.158. The highest BCUT2D eigenvalue weighted by molar-refractivity contribution is 7.21. The van der Waals surface area contributed by atoms with E-state index in [0.717, 1.165) is 10.3 Å². The molecule has 2 amide bonds. The summed E-state index contributed by atoms with van der Waals surface area (Å²) in [5, 5.41) is 5.90. The Morgan fingerprint density at radius 1 is 1.15 bits per heavy atom. The fourth-order valence-electron chi connectivity index (χ4n) is 2.61. The van der Waals surface area contributed by atoms with Crippen molar-refractivity contribution in [2.75, 3.05) is 12.4 Å². The van der Waals surface area contributed by atoms with Gasteiger partial charge in [-0.15, -0.1) is 11.3 Å². The molecular formula is C19H17FN2O3S. The minimum Gasteiger partial charge on any atom is -0.453 e. The summed E-state index contributed by atoms with van der Waals surface area (Å²) in [6, 6.07) is 11.9. The van der Waals surface area contributed by atoms with E-state index in [1.807, 2.05) is 0 Å². The van der Waals surface area contributed by atoms with Gasteiger partial charge in [0.1, 0.15) is 5.82 Å². The Hall–Kier alpha value is -2.93. The van der Waals surface area contributed by atoms with Gasteiger partial charge in [0.15, 0.2) is 0 Å². The molecule has 0 spiro atoms. The molecule has 0 atom stereocenters. The zero-order valence-corrected chi connectivity index (χ0v) is 15.1. The van der Waals surface area contributed by atoms with Gasteiger partial charge in [-0.3, -0.25) is 10.1 Å². The second kappa shape index (κ2) is 7.53. The van der Waals surface area contributed by atoms with Crippen molar-refractivity contribution >= 4 is 39.1 Å².